The van der Waals surface area contributed by atoms with Crippen molar-refractivity contribution in [3.8, 4) is 0 Å². The third kappa shape index (κ3) is 13.1. The van der Waals surface area contributed by atoms with Crippen LogP contribution in [0.4, 0.5) is 0 Å². The molecule has 112 valence electrons. The van der Waals surface area contributed by atoms with Crippen LogP contribution in [0.2, 0.25) is 0 Å². The Morgan fingerprint density at radius 3 is 1.32 bits per heavy atom. The lowest BCUT2D eigenvalue weighted by atomic mass is 10.2. The second-order valence-electron chi connectivity index (χ2n) is 6.29. The number of rotatable bonds is 6. The van der Waals surface area contributed by atoms with Gasteiger partial charge in [0.05, 0.1) is 26.1 Å². The van der Waals surface area contributed by atoms with Crippen LogP contribution in [0.25, 0.3) is 0 Å². The van der Waals surface area contributed by atoms with E-state index in [0.717, 1.165) is 0 Å². The summed E-state index contributed by atoms with van der Waals surface area (Å²) in [5.74, 6) is -0.602. The van der Waals surface area contributed by atoms with Crippen molar-refractivity contribution in [2.45, 2.75) is 65.6 Å². The number of esters is 2. The zero-order valence-electron chi connectivity index (χ0n) is 12.9. The van der Waals surface area contributed by atoms with E-state index in [2.05, 4.69) is 0 Å². The summed E-state index contributed by atoms with van der Waals surface area (Å²) in [6.07, 6.45) is 0.372. The molecule has 5 nitrogen and oxygen atoms in total. The first kappa shape index (κ1) is 17.9. The van der Waals surface area contributed by atoms with E-state index in [1.165, 1.54) is 0 Å². The predicted octanol–water partition coefficient (Wildman–Crippen LogP) is 2.47. The molecular weight excluding hydrogens is 248 g/mol. The van der Waals surface area contributed by atoms with Crippen LogP contribution in [-0.4, -0.2) is 36.4 Å². The Kier molecular flexibility index (Phi) is 7.05. The van der Waals surface area contributed by atoms with Crippen LogP contribution in [0.3, 0.4) is 0 Å². The lowest BCUT2D eigenvalue weighted by molar-refractivity contribution is -0.156. The van der Waals surface area contributed by atoms with Crippen molar-refractivity contribution in [2.24, 2.45) is 0 Å². The van der Waals surface area contributed by atoms with E-state index in [0.29, 0.717) is 0 Å². The summed E-state index contributed by atoms with van der Waals surface area (Å²) in [6, 6.07) is 0. The van der Waals surface area contributed by atoms with E-state index in [4.69, 9.17) is 14.2 Å². The molecule has 0 fully saturated rings. The van der Waals surface area contributed by atoms with Crippen molar-refractivity contribution < 1.29 is 23.8 Å². The Labute approximate surface area is 115 Å². The zero-order valence-corrected chi connectivity index (χ0v) is 12.9. The summed E-state index contributed by atoms with van der Waals surface area (Å²) in [5.41, 5.74) is -0.957. The molecule has 0 rings (SSSR count). The van der Waals surface area contributed by atoms with Gasteiger partial charge in [-0.15, -0.1) is 0 Å². The van der Waals surface area contributed by atoms with E-state index < -0.39 is 11.2 Å². The highest BCUT2D eigenvalue weighted by atomic mass is 16.6. The molecule has 0 aromatic rings. The Morgan fingerprint density at radius 1 is 0.737 bits per heavy atom. The number of hydrogen-bond donors (Lipinski definition) is 0. The SMILES string of the molecule is CC(C)(C)OC(=O)CCOCCC(=O)OC(C)(C)C. The highest BCUT2D eigenvalue weighted by Crippen LogP contribution is 2.09. The van der Waals surface area contributed by atoms with Crippen LogP contribution < -0.4 is 0 Å². The van der Waals surface area contributed by atoms with Crippen molar-refractivity contribution in [2.75, 3.05) is 13.2 Å². The fourth-order valence-corrected chi connectivity index (χ4v) is 1.20. The molecule has 0 radical (unpaired) electrons. The molecule has 0 aliphatic carbocycles. The first-order valence-electron chi connectivity index (χ1n) is 6.51. The van der Waals surface area contributed by atoms with E-state index in [1.807, 2.05) is 41.5 Å². The van der Waals surface area contributed by atoms with Crippen molar-refractivity contribution in [3.63, 3.8) is 0 Å². The largest absolute Gasteiger partial charge is 0.460 e. The van der Waals surface area contributed by atoms with Gasteiger partial charge in [0.2, 0.25) is 0 Å². The molecule has 0 aliphatic heterocycles. The number of carbonyl (C=O) groups excluding carboxylic acids is 2. The molecule has 0 bridgehead atoms. The summed E-state index contributed by atoms with van der Waals surface area (Å²) in [5, 5.41) is 0. The molecule has 0 N–H and O–H groups in total. The molecule has 0 saturated carbocycles. The average Bonchev–Trinajstić information content (AvgIpc) is 2.10. The highest BCUT2D eigenvalue weighted by molar-refractivity contribution is 5.70. The maximum absolute atomic E-state index is 11.3. The van der Waals surface area contributed by atoms with Gasteiger partial charge in [-0.1, -0.05) is 0 Å². The molecule has 0 aromatic carbocycles. The third-order valence-electron chi connectivity index (χ3n) is 1.74. The maximum atomic E-state index is 11.3. The normalized spacial score (nSPS) is 12.1. The Balaban J connectivity index is 3.61. The lowest BCUT2D eigenvalue weighted by Gasteiger charge is -2.20. The fourth-order valence-electron chi connectivity index (χ4n) is 1.20. The van der Waals surface area contributed by atoms with Gasteiger partial charge in [-0.3, -0.25) is 9.59 Å². The van der Waals surface area contributed by atoms with Crippen molar-refractivity contribution in [1.82, 2.24) is 0 Å². The van der Waals surface area contributed by atoms with Crippen molar-refractivity contribution in [1.29, 1.82) is 0 Å². The summed E-state index contributed by atoms with van der Waals surface area (Å²) in [4.78, 5) is 22.7. The Morgan fingerprint density at radius 2 is 1.05 bits per heavy atom. The molecule has 0 aliphatic rings. The summed E-state index contributed by atoms with van der Waals surface area (Å²) in [6.45, 7) is 11.4. The Hall–Kier alpha value is -1.10. The fraction of sp³-hybridized carbons (Fsp3) is 0.857. The molecule has 0 atom stereocenters. The van der Waals surface area contributed by atoms with E-state index in [-0.39, 0.29) is 38.0 Å². The van der Waals surface area contributed by atoms with Gasteiger partial charge >= 0.3 is 11.9 Å². The topological polar surface area (TPSA) is 61.8 Å². The first-order valence-corrected chi connectivity index (χ1v) is 6.51. The first-order chi connectivity index (χ1) is 8.49. The van der Waals surface area contributed by atoms with Crippen LogP contribution in [0.1, 0.15) is 54.4 Å². The second-order valence-corrected chi connectivity index (χ2v) is 6.29. The molecular formula is C14H26O5. The van der Waals surface area contributed by atoms with Crippen LogP contribution in [0.5, 0.6) is 0 Å². The molecule has 5 heteroatoms. The molecule has 19 heavy (non-hydrogen) atoms. The van der Waals surface area contributed by atoms with Gasteiger partial charge < -0.3 is 14.2 Å². The molecule has 0 amide bonds. The molecule has 0 aromatic heterocycles. The summed E-state index contributed by atoms with van der Waals surface area (Å²) in [7, 11) is 0. The number of carbonyl (C=O) groups is 2. The summed E-state index contributed by atoms with van der Waals surface area (Å²) < 4.78 is 15.4. The molecule has 0 heterocycles. The van der Waals surface area contributed by atoms with Crippen LogP contribution >= 0.6 is 0 Å². The summed E-state index contributed by atoms with van der Waals surface area (Å²) >= 11 is 0. The monoisotopic (exact) mass is 274 g/mol. The highest BCUT2D eigenvalue weighted by Gasteiger charge is 2.17. The van der Waals surface area contributed by atoms with Gasteiger partial charge in [0, 0.05) is 0 Å². The van der Waals surface area contributed by atoms with Crippen LogP contribution in [0.15, 0.2) is 0 Å². The molecule has 0 spiro atoms. The van der Waals surface area contributed by atoms with Crippen molar-refractivity contribution in [3.05, 3.63) is 0 Å². The molecule has 0 saturated heterocycles. The minimum absolute atomic E-state index is 0.186. The van der Waals surface area contributed by atoms with Gasteiger partial charge in [0.15, 0.2) is 0 Å². The van der Waals surface area contributed by atoms with E-state index >= 15 is 0 Å². The van der Waals surface area contributed by atoms with Gasteiger partial charge in [-0.05, 0) is 41.5 Å². The lowest BCUT2D eigenvalue weighted by Crippen LogP contribution is -2.25. The minimum atomic E-state index is -0.479. The van der Waals surface area contributed by atoms with Gasteiger partial charge in [0.1, 0.15) is 11.2 Å². The second kappa shape index (κ2) is 7.48. The van der Waals surface area contributed by atoms with Gasteiger partial charge in [-0.25, -0.2) is 0 Å². The predicted molar refractivity (Wildman–Crippen MR) is 71.7 cm³/mol. The van der Waals surface area contributed by atoms with Crippen molar-refractivity contribution >= 4 is 11.9 Å². The van der Waals surface area contributed by atoms with E-state index in [9.17, 15) is 9.59 Å². The smallest absolute Gasteiger partial charge is 0.308 e. The quantitative estimate of drug-likeness (QED) is 0.550. The van der Waals surface area contributed by atoms with Gasteiger partial charge in [0.25, 0.3) is 0 Å². The third-order valence-corrected chi connectivity index (χ3v) is 1.74. The Bertz CT molecular complexity index is 266. The van der Waals surface area contributed by atoms with Crippen LogP contribution in [-0.2, 0) is 23.8 Å². The molecule has 0 unspecified atom stereocenters. The minimum Gasteiger partial charge on any atom is -0.460 e. The van der Waals surface area contributed by atoms with Gasteiger partial charge in [-0.2, -0.15) is 0 Å². The maximum Gasteiger partial charge on any atom is 0.308 e. The average molecular weight is 274 g/mol. The van der Waals surface area contributed by atoms with Crippen LogP contribution in [0, 0.1) is 0 Å². The standard InChI is InChI=1S/C14H26O5/c1-13(2,3)18-11(15)7-9-17-10-8-12(16)19-14(4,5)6/h7-10H2,1-6H3. The zero-order chi connectivity index (χ0) is 15.1. The number of hydrogen-bond acceptors (Lipinski definition) is 5. The number of ether oxygens (including phenoxy) is 3. The van der Waals surface area contributed by atoms with E-state index in [1.54, 1.807) is 0 Å².